The van der Waals surface area contributed by atoms with Gasteiger partial charge in [0.15, 0.2) is 0 Å². The molecule has 0 bridgehead atoms. The molecule has 1 aromatic carbocycles. The Morgan fingerprint density at radius 3 is 2.24 bits per heavy atom. The number of anilines is 1. The number of carboxylic acids is 2. The van der Waals surface area contributed by atoms with Crippen LogP contribution in [0.1, 0.15) is 24.8 Å². The lowest BCUT2D eigenvalue weighted by molar-refractivity contribution is -0.142. The fraction of sp³-hybridized carbons (Fsp3) is 0.214. The number of aliphatic carboxylic acids is 2. The van der Waals surface area contributed by atoms with E-state index in [-0.39, 0.29) is 0 Å². The molecule has 0 heterocycles. The van der Waals surface area contributed by atoms with E-state index in [9.17, 15) is 14.4 Å². The second kappa shape index (κ2) is 7.09. The number of hydrogen-bond acceptors (Lipinski definition) is 5. The molecule has 112 valence electrons. The van der Waals surface area contributed by atoms with Crippen LogP contribution in [-0.2, 0) is 19.2 Å². The number of rotatable bonds is 7. The predicted octanol–water partition coefficient (Wildman–Crippen LogP) is 1.78. The Labute approximate surface area is 120 Å². The first-order valence-corrected chi connectivity index (χ1v) is 6.09. The second-order valence-corrected chi connectivity index (χ2v) is 4.20. The zero-order chi connectivity index (χ0) is 16.0. The number of benzene rings is 1. The molecule has 0 aliphatic heterocycles. The minimum absolute atomic E-state index is 0.380. The van der Waals surface area contributed by atoms with Crippen molar-refractivity contribution in [3.63, 3.8) is 0 Å². The molecule has 0 aromatic heterocycles. The maximum Gasteiger partial charge on any atom is 0.369 e. The Hall–Kier alpha value is -2.83. The minimum atomic E-state index is -1.47. The Bertz CT molecular complexity index is 563. The van der Waals surface area contributed by atoms with Crippen LogP contribution in [0.25, 0.3) is 0 Å². The van der Waals surface area contributed by atoms with Crippen LogP contribution >= 0.6 is 0 Å². The summed E-state index contributed by atoms with van der Waals surface area (Å²) in [7, 11) is 0. The van der Waals surface area contributed by atoms with Crippen molar-refractivity contribution in [2.45, 2.75) is 19.3 Å². The van der Waals surface area contributed by atoms with E-state index < -0.39 is 29.4 Å². The van der Waals surface area contributed by atoms with Gasteiger partial charge in [-0.2, -0.15) is 0 Å². The molecule has 7 nitrogen and oxygen atoms in total. The quantitative estimate of drug-likeness (QED) is 0.304. The van der Waals surface area contributed by atoms with Crippen LogP contribution in [0, 0.1) is 0 Å². The lowest BCUT2D eigenvalue weighted by Gasteiger charge is -2.11. The maximum absolute atomic E-state index is 11.2. The molecule has 0 fully saturated rings. The van der Waals surface area contributed by atoms with Crippen LogP contribution in [-0.4, -0.2) is 28.1 Å². The summed E-state index contributed by atoms with van der Waals surface area (Å²) < 4.78 is 0. The summed E-state index contributed by atoms with van der Waals surface area (Å²) in [6.07, 6.45) is 0.454. The highest BCUT2D eigenvalue weighted by Gasteiger charge is 2.18. The van der Waals surface area contributed by atoms with Crippen LogP contribution in [0.2, 0.25) is 0 Å². The van der Waals surface area contributed by atoms with Crippen molar-refractivity contribution < 1.29 is 29.4 Å². The van der Waals surface area contributed by atoms with Crippen LogP contribution in [0.15, 0.2) is 36.4 Å². The number of carbonyl (C=O) groups excluding carboxylic acids is 1. The van der Waals surface area contributed by atoms with Crippen molar-refractivity contribution in [2.75, 3.05) is 5.48 Å². The van der Waals surface area contributed by atoms with Crippen molar-refractivity contribution in [2.24, 2.45) is 0 Å². The highest BCUT2D eigenvalue weighted by atomic mass is 16.7. The molecule has 0 aliphatic rings. The van der Waals surface area contributed by atoms with E-state index >= 15 is 0 Å². The molecule has 3 N–H and O–H groups in total. The standard InChI is InChI=1S/C14H15NO6/c1-3-11(13(18)19)9-4-6-10(7-5-9)15-21-14(20)8(2)12(16)17/h4-7,11,15H,2-3H2,1H3,(H,16,17)(H,18,19). The molecule has 0 saturated heterocycles. The van der Waals surface area contributed by atoms with E-state index in [0.29, 0.717) is 17.7 Å². The van der Waals surface area contributed by atoms with Crippen molar-refractivity contribution in [3.8, 4) is 0 Å². The van der Waals surface area contributed by atoms with E-state index in [1.165, 1.54) is 12.1 Å². The summed E-state index contributed by atoms with van der Waals surface area (Å²) in [5.41, 5.74) is 2.58. The molecule has 0 saturated carbocycles. The molecule has 1 rings (SSSR count). The van der Waals surface area contributed by atoms with Crippen LogP contribution in [0.5, 0.6) is 0 Å². The number of carbonyl (C=O) groups is 3. The molecule has 1 aromatic rings. The smallest absolute Gasteiger partial charge is 0.369 e. The van der Waals surface area contributed by atoms with Crippen LogP contribution in [0.4, 0.5) is 5.69 Å². The first kappa shape index (κ1) is 16.2. The van der Waals surface area contributed by atoms with Gasteiger partial charge in [0, 0.05) is 0 Å². The average molecular weight is 293 g/mol. The van der Waals surface area contributed by atoms with Crippen molar-refractivity contribution in [1.82, 2.24) is 0 Å². The summed E-state index contributed by atoms with van der Waals surface area (Å²) >= 11 is 0. The molecule has 1 atom stereocenters. The van der Waals surface area contributed by atoms with Crippen molar-refractivity contribution in [1.29, 1.82) is 0 Å². The normalized spacial score (nSPS) is 11.3. The van der Waals surface area contributed by atoms with E-state index in [4.69, 9.17) is 10.2 Å². The summed E-state index contributed by atoms with van der Waals surface area (Å²) in [6.45, 7) is 4.82. The zero-order valence-electron chi connectivity index (χ0n) is 11.3. The molecule has 21 heavy (non-hydrogen) atoms. The highest BCUT2D eigenvalue weighted by molar-refractivity contribution is 6.12. The van der Waals surface area contributed by atoms with Crippen molar-refractivity contribution in [3.05, 3.63) is 42.0 Å². The van der Waals surface area contributed by atoms with Gasteiger partial charge >= 0.3 is 17.9 Å². The third kappa shape index (κ3) is 4.34. The molecule has 0 radical (unpaired) electrons. The average Bonchev–Trinajstić information content (AvgIpc) is 2.45. The number of hydrogen-bond donors (Lipinski definition) is 3. The highest BCUT2D eigenvalue weighted by Crippen LogP contribution is 2.21. The fourth-order valence-corrected chi connectivity index (χ4v) is 1.59. The van der Waals surface area contributed by atoms with Gasteiger partial charge in [0.1, 0.15) is 5.57 Å². The van der Waals surface area contributed by atoms with Gasteiger partial charge in [-0.3, -0.25) is 4.79 Å². The van der Waals surface area contributed by atoms with Gasteiger partial charge in [-0.25, -0.2) is 15.1 Å². The van der Waals surface area contributed by atoms with Gasteiger partial charge in [0.2, 0.25) is 0 Å². The first-order valence-electron chi connectivity index (χ1n) is 6.09. The SMILES string of the molecule is C=C(C(=O)O)C(=O)ONc1ccc(C(CC)C(=O)O)cc1. The third-order valence-electron chi connectivity index (χ3n) is 2.79. The van der Waals surface area contributed by atoms with E-state index in [2.05, 4.69) is 16.9 Å². The lowest BCUT2D eigenvalue weighted by Crippen LogP contribution is -2.17. The van der Waals surface area contributed by atoms with Crippen molar-refractivity contribution >= 4 is 23.6 Å². The zero-order valence-corrected chi connectivity index (χ0v) is 11.3. The van der Waals surface area contributed by atoms with Gasteiger partial charge in [-0.15, -0.1) is 0 Å². The Kier molecular flexibility index (Phi) is 5.48. The molecular formula is C14H15NO6. The van der Waals surface area contributed by atoms with Gasteiger partial charge in [-0.1, -0.05) is 25.6 Å². The summed E-state index contributed by atoms with van der Waals surface area (Å²) in [5.74, 6) is -4.09. The van der Waals surface area contributed by atoms with Gasteiger partial charge in [-0.05, 0) is 24.1 Å². The number of nitrogens with one attached hydrogen (secondary N) is 1. The molecular weight excluding hydrogens is 278 g/mol. The minimum Gasteiger partial charge on any atom is -0.481 e. The summed E-state index contributed by atoms with van der Waals surface area (Å²) in [5, 5.41) is 17.6. The van der Waals surface area contributed by atoms with Crippen LogP contribution < -0.4 is 5.48 Å². The fourth-order valence-electron chi connectivity index (χ4n) is 1.59. The van der Waals surface area contributed by atoms with Gasteiger partial charge < -0.3 is 15.1 Å². The maximum atomic E-state index is 11.2. The molecule has 7 heteroatoms. The third-order valence-corrected chi connectivity index (χ3v) is 2.79. The molecule has 0 amide bonds. The van der Waals surface area contributed by atoms with E-state index in [1.807, 2.05) is 0 Å². The monoisotopic (exact) mass is 293 g/mol. The Balaban J connectivity index is 2.67. The van der Waals surface area contributed by atoms with E-state index in [0.717, 1.165) is 0 Å². The lowest BCUT2D eigenvalue weighted by atomic mass is 9.97. The molecule has 1 unspecified atom stereocenters. The first-order chi connectivity index (χ1) is 9.86. The second-order valence-electron chi connectivity index (χ2n) is 4.20. The summed E-state index contributed by atoms with van der Waals surface area (Å²) in [6, 6.07) is 6.23. The molecule has 0 spiro atoms. The van der Waals surface area contributed by atoms with Gasteiger partial charge in [0.25, 0.3) is 0 Å². The molecule has 0 aliphatic carbocycles. The van der Waals surface area contributed by atoms with E-state index in [1.54, 1.807) is 19.1 Å². The van der Waals surface area contributed by atoms with Crippen LogP contribution in [0.3, 0.4) is 0 Å². The predicted molar refractivity (Wildman–Crippen MR) is 73.6 cm³/mol. The Morgan fingerprint density at radius 2 is 1.81 bits per heavy atom. The summed E-state index contributed by atoms with van der Waals surface area (Å²) in [4.78, 5) is 37.3. The number of carboxylic acid groups (broad SMARTS) is 2. The largest absolute Gasteiger partial charge is 0.481 e. The Morgan fingerprint density at radius 1 is 1.24 bits per heavy atom. The topological polar surface area (TPSA) is 113 Å². The van der Waals surface area contributed by atoms with Gasteiger partial charge in [0.05, 0.1) is 11.6 Å².